The first-order valence-electron chi connectivity index (χ1n) is 8.04. The number of methoxy groups -OCH3 is 2. The Kier molecular flexibility index (Phi) is 6.74. The number of carbonyl (C=O) groups excluding carboxylic acids is 2. The molecule has 0 aliphatic carbocycles. The van der Waals surface area contributed by atoms with Gasteiger partial charge in [0, 0.05) is 19.2 Å². The standard InChI is InChI=1S/C18H19N3O7/c1-19-13-6-4-11(8-15(13)21(24)25)18(23)28-10-17(22)20-14-7-5-12(26-2)9-16(14)27-3/h4-9,19H,10H2,1-3H3,(H,20,22). The molecule has 0 aliphatic heterocycles. The van der Waals surface area contributed by atoms with Crippen LogP contribution in [0.4, 0.5) is 17.1 Å². The number of rotatable bonds is 8. The van der Waals surface area contributed by atoms with Crippen molar-refractivity contribution in [3.63, 3.8) is 0 Å². The average molecular weight is 389 g/mol. The van der Waals surface area contributed by atoms with Crippen molar-refractivity contribution >= 4 is 28.9 Å². The van der Waals surface area contributed by atoms with Crippen LogP contribution in [0.25, 0.3) is 0 Å². The molecule has 2 aromatic carbocycles. The van der Waals surface area contributed by atoms with Gasteiger partial charge in [-0.25, -0.2) is 4.79 Å². The van der Waals surface area contributed by atoms with E-state index in [2.05, 4.69) is 10.6 Å². The minimum absolute atomic E-state index is 0.0412. The van der Waals surface area contributed by atoms with E-state index in [1.165, 1.54) is 33.4 Å². The fourth-order valence-corrected chi connectivity index (χ4v) is 2.32. The molecule has 2 rings (SSSR count). The van der Waals surface area contributed by atoms with E-state index >= 15 is 0 Å². The Bertz CT molecular complexity index is 899. The van der Waals surface area contributed by atoms with Gasteiger partial charge in [0.05, 0.1) is 30.4 Å². The summed E-state index contributed by atoms with van der Waals surface area (Å²) in [6.45, 7) is -0.574. The highest BCUT2D eigenvalue weighted by Crippen LogP contribution is 2.29. The van der Waals surface area contributed by atoms with Gasteiger partial charge in [-0.05, 0) is 24.3 Å². The third-order valence-corrected chi connectivity index (χ3v) is 3.72. The molecular weight excluding hydrogens is 370 g/mol. The smallest absolute Gasteiger partial charge is 0.338 e. The van der Waals surface area contributed by atoms with Gasteiger partial charge in [-0.1, -0.05) is 0 Å². The lowest BCUT2D eigenvalue weighted by Gasteiger charge is -2.12. The number of anilines is 2. The molecule has 0 bridgehead atoms. The number of amides is 1. The Hall–Kier alpha value is -3.82. The van der Waals surface area contributed by atoms with Crippen LogP contribution in [0.1, 0.15) is 10.4 Å². The lowest BCUT2D eigenvalue weighted by Crippen LogP contribution is -2.21. The van der Waals surface area contributed by atoms with Crippen LogP contribution in [-0.2, 0) is 9.53 Å². The maximum Gasteiger partial charge on any atom is 0.338 e. The van der Waals surface area contributed by atoms with Crippen LogP contribution in [0.5, 0.6) is 11.5 Å². The summed E-state index contributed by atoms with van der Waals surface area (Å²) in [5.41, 5.74) is 0.314. The molecule has 28 heavy (non-hydrogen) atoms. The van der Waals surface area contributed by atoms with Crippen molar-refractivity contribution in [3.8, 4) is 11.5 Å². The third kappa shape index (κ3) is 4.87. The number of esters is 1. The molecule has 0 fully saturated rings. The average Bonchev–Trinajstić information content (AvgIpc) is 2.71. The molecule has 0 atom stereocenters. The second-order valence-electron chi connectivity index (χ2n) is 5.43. The zero-order valence-corrected chi connectivity index (χ0v) is 15.5. The van der Waals surface area contributed by atoms with Crippen molar-refractivity contribution in [2.24, 2.45) is 0 Å². The predicted octanol–water partition coefficient (Wildman–Crippen LogP) is 2.45. The zero-order valence-electron chi connectivity index (χ0n) is 15.5. The number of hydrogen-bond donors (Lipinski definition) is 2. The van der Waals surface area contributed by atoms with E-state index in [4.69, 9.17) is 14.2 Å². The monoisotopic (exact) mass is 389 g/mol. The Morgan fingerprint density at radius 3 is 2.39 bits per heavy atom. The van der Waals surface area contributed by atoms with E-state index in [1.54, 1.807) is 18.2 Å². The quantitative estimate of drug-likeness (QED) is 0.400. The SMILES string of the molecule is CNc1ccc(C(=O)OCC(=O)Nc2ccc(OC)cc2OC)cc1[N+](=O)[O-]. The van der Waals surface area contributed by atoms with Gasteiger partial charge in [0.15, 0.2) is 6.61 Å². The first-order chi connectivity index (χ1) is 13.4. The van der Waals surface area contributed by atoms with Crippen molar-refractivity contribution < 1.29 is 28.7 Å². The van der Waals surface area contributed by atoms with Crippen molar-refractivity contribution in [1.29, 1.82) is 0 Å². The molecule has 0 unspecified atom stereocenters. The molecule has 10 heteroatoms. The van der Waals surface area contributed by atoms with Crippen LogP contribution >= 0.6 is 0 Å². The number of benzene rings is 2. The summed E-state index contributed by atoms with van der Waals surface area (Å²) in [6, 6.07) is 8.63. The molecule has 0 aromatic heterocycles. The first kappa shape index (κ1) is 20.5. The molecule has 1 amide bonds. The largest absolute Gasteiger partial charge is 0.497 e. The number of ether oxygens (including phenoxy) is 3. The second kappa shape index (κ2) is 9.21. The van der Waals surface area contributed by atoms with Gasteiger partial charge in [-0.15, -0.1) is 0 Å². The van der Waals surface area contributed by atoms with Gasteiger partial charge in [-0.2, -0.15) is 0 Å². The predicted molar refractivity (Wildman–Crippen MR) is 101 cm³/mol. The summed E-state index contributed by atoms with van der Waals surface area (Å²) in [5.74, 6) is -0.536. The summed E-state index contributed by atoms with van der Waals surface area (Å²) in [7, 11) is 4.46. The topological polar surface area (TPSA) is 129 Å². The van der Waals surface area contributed by atoms with Gasteiger partial charge < -0.3 is 24.8 Å². The summed E-state index contributed by atoms with van der Waals surface area (Å²) < 4.78 is 15.2. The Labute approximate surface area is 160 Å². The summed E-state index contributed by atoms with van der Waals surface area (Å²) in [4.78, 5) is 34.6. The maximum absolute atomic E-state index is 12.1. The van der Waals surface area contributed by atoms with Gasteiger partial charge >= 0.3 is 5.97 Å². The van der Waals surface area contributed by atoms with Crippen LogP contribution < -0.4 is 20.1 Å². The van der Waals surface area contributed by atoms with Crippen LogP contribution in [-0.4, -0.2) is 44.7 Å². The van der Waals surface area contributed by atoms with Gasteiger partial charge in [-0.3, -0.25) is 14.9 Å². The highest BCUT2D eigenvalue weighted by Gasteiger charge is 2.18. The van der Waals surface area contributed by atoms with Crippen molar-refractivity contribution in [3.05, 3.63) is 52.1 Å². The number of carbonyl (C=O) groups is 2. The summed E-state index contributed by atoms with van der Waals surface area (Å²) in [6.07, 6.45) is 0. The van der Waals surface area contributed by atoms with E-state index in [-0.39, 0.29) is 16.9 Å². The van der Waals surface area contributed by atoms with Gasteiger partial charge in [0.25, 0.3) is 11.6 Å². The molecule has 0 radical (unpaired) electrons. The van der Waals surface area contributed by atoms with E-state index in [1.807, 2.05) is 0 Å². The van der Waals surface area contributed by atoms with Crippen molar-refractivity contribution in [2.75, 3.05) is 38.5 Å². The van der Waals surface area contributed by atoms with E-state index in [9.17, 15) is 19.7 Å². The van der Waals surface area contributed by atoms with Crippen LogP contribution in [0.15, 0.2) is 36.4 Å². The molecule has 148 valence electrons. The van der Waals surface area contributed by atoms with E-state index in [0.717, 1.165) is 6.07 Å². The minimum atomic E-state index is -0.859. The number of nitro groups is 1. The molecule has 0 spiro atoms. The van der Waals surface area contributed by atoms with E-state index in [0.29, 0.717) is 17.2 Å². The Morgan fingerprint density at radius 1 is 1.07 bits per heavy atom. The molecule has 2 N–H and O–H groups in total. The number of hydrogen-bond acceptors (Lipinski definition) is 8. The molecule has 0 heterocycles. The van der Waals surface area contributed by atoms with E-state index < -0.39 is 23.4 Å². The number of nitro benzene ring substituents is 1. The summed E-state index contributed by atoms with van der Waals surface area (Å²) in [5, 5.41) is 16.3. The Balaban J connectivity index is 2.02. The Morgan fingerprint density at radius 2 is 1.79 bits per heavy atom. The third-order valence-electron chi connectivity index (χ3n) is 3.72. The fourth-order valence-electron chi connectivity index (χ4n) is 2.32. The molecule has 2 aromatic rings. The number of nitrogens with one attached hydrogen (secondary N) is 2. The lowest BCUT2D eigenvalue weighted by molar-refractivity contribution is -0.384. The normalized spacial score (nSPS) is 9.96. The zero-order chi connectivity index (χ0) is 20.7. The highest BCUT2D eigenvalue weighted by atomic mass is 16.6. The molecule has 0 saturated heterocycles. The number of nitrogens with zero attached hydrogens (tertiary/aromatic N) is 1. The molecule has 0 aliphatic rings. The minimum Gasteiger partial charge on any atom is -0.497 e. The first-order valence-corrected chi connectivity index (χ1v) is 8.04. The van der Waals surface area contributed by atoms with Crippen LogP contribution in [0, 0.1) is 10.1 Å². The van der Waals surface area contributed by atoms with Crippen molar-refractivity contribution in [2.45, 2.75) is 0 Å². The second-order valence-corrected chi connectivity index (χ2v) is 5.43. The van der Waals surface area contributed by atoms with Gasteiger partial charge in [0.1, 0.15) is 17.2 Å². The maximum atomic E-state index is 12.1. The molecule has 10 nitrogen and oxygen atoms in total. The van der Waals surface area contributed by atoms with Gasteiger partial charge in [0.2, 0.25) is 0 Å². The lowest BCUT2D eigenvalue weighted by atomic mass is 10.1. The highest BCUT2D eigenvalue weighted by molar-refractivity contribution is 5.97. The van der Waals surface area contributed by atoms with Crippen LogP contribution in [0.2, 0.25) is 0 Å². The van der Waals surface area contributed by atoms with Crippen LogP contribution in [0.3, 0.4) is 0 Å². The summed E-state index contributed by atoms with van der Waals surface area (Å²) >= 11 is 0. The van der Waals surface area contributed by atoms with Crippen molar-refractivity contribution in [1.82, 2.24) is 0 Å². The molecular formula is C18H19N3O7. The molecule has 0 saturated carbocycles. The fraction of sp³-hybridized carbons (Fsp3) is 0.222.